The van der Waals surface area contributed by atoms with Gasteiger partial charge in [-0.3, -0.25) is 10.2 Å². The van der Waals surface area contributed by atoms with E-state index >= 15 is 0 Å². The molecule has 4 heteroatoms. The minimum absolute atomic E-state index is 0.0713. The Labute approximate surface area is 98.5 Å². The predicted molar refractivity (Wildman–Crippen MR) is 65.6 cm³/mol. The molecule has 1 amide bonds. The molecular weight excluding hydrogens is 202 g/mol. The second kappa shape index (κ2) is 5.64. The fraction of sp³-hybridized carbons (Fsp3) is 0.917. The standard InChI is InChI=1S/C12H25N3O/c1-12(2,3)10-4-7-15(8-5-10)9-6-11(16)14-13/h10H,4-9,13H2,1-3H3,(H,14,16). The number of carbonyl (C=O) groups excluding carboxylic acids is 1. The molecule has 94 valence electrons. The van der Waals surface area contributed by atoms with Crippen molar-refractivity contribution in [2.75, 3.05) is 19.6 Å². The van der Waals surface area contributed by atoms with E-state index in [2.05, 4.69) is 31.1 Å². The summed E-state index contributed by atoms with van der Waals surface area (Å²) in [4.78, 5) is 13.4. The molecule has 1 heterocycles. The molecule has 0 aromatic carbocycles. The average Bonchev–Trinajstić information content (AvgIpc) is 2.25. The van der Waals surface area contributed by atoms with Crippen LogP contribution in [-0.4, -0.2) is 30.4 Å². The summed E-state index contributed by atoms with van der Waals surface area (Å²) >= 11 is 0. The minimum atomic E-state index is -0.0713. The van der Waals surface area contributed by atoms with Crippen LogP contribution in [0.15, 0.2) is 0 Å². The molecule has 1 aliphatic heterocycles. The van der Waals surface area contributed by atoms with Crippen LogP contribution in [0.3, 0.4) is 0 Å². The van der Waals surface area contributed by atoms with Crippen molar-refractivity contribution in [2.24, 2.45) is 17.2 Å². The topological polar surface area (TPSA) is 58.4 Å². The number of nitrogens with two attached hydrogens (primary N) is 1. The highest BCUT2D eigenvalue weighted by atomic mass is 16.2. The number of carbonyl (C=O) groups is 1. The van der Waals surface area contributed by atoms with Gasteiger partial charge in [-0.05, 0) is 37.3 Å². The number of hydrogen-bond acceptors (Lipinski definition) is 3. The van der Waals surface area contributed by atoms with Crippen LogP contribution in [0.5, 0.6) is 0 Å². The minimum Gasteiger partial charge on any atom is -0.303 e. The van der Waals surface area contributed by atoms with Crippen LogP contribution < -0.4 is 11.3 Å². The molecule has 16 heavy (non-hydrogen) atoms. The van der Waals surface area contributed by atoms with Crippen LogP contribution in [0.1, 0.15) is 40.0 Å². The maximum atomic E-state index is 11.0. The lowest BCUT2D eigenvalue weighted by Gasteiger charge is -2.38. The van der Waals surface area contributed by atoms with Crippen LogP contribution in [0, 0.1) is 11.3 Å². The molecule has 1 saturated heterocycles. The first kappa shape index (κ1) is 13.5. The highest BCUT2D eigenvalue weighted by Crippen LogP contribution is 2.34. The Kier molecular flexibility index (Phi) is 4.74. The van der Waals surface area contributed by atoms with E-state index in [0.29, 0.717) is 11.8 Å². The molecule has 3 N–H and O–H groups in total. The maximum Gasteiger partial charge on any atom is 0.235 e. The maximum absolute atomic E-state index is 11.0. The fourth-order valence-corrected chi connectivity index (χ4v) is 2.35. The number of likely N-dealkylation sites (tertiary alicyclic amines) is 1. The third kappa shape index (κ3) is 4.10. The Balaban J connectivity index is 2.25. The molecule has 0 bridgehead atoms. The Morgan fingerprint density at radius 1 is 1.38 bits per heavy atom. The Hall–Kier alpha value is -0.610. The van der Waals surface area contributed by atoms with Crippen molar-refractivity contribution < 1.29 is 4.79 Å². The molecule has 0 spiro atoms. The number of nitrogens with one attached hydrogen (secondary N) is 1. The summed E-state index contributed by atoms with van der Waals surface area (Å²) in [6.07, 6.45) is 3.00. The van der Waals surface area contributed by atoms with Gasteiger partial charge in [0.1, 0.15) is 0 Å². The van der Waals surface area contributed by atoms with Crippen molar-refractivity contribution in [1.82, 2.24) is 10.3 Å². The van der Waals surface area contributed by atoms with Gasteiger partial charge in [0.25, 0.3) is 0 Å². The number of nitrogens with zero attached hydrogens (tertiary/aromatic N) is 1. The SMILES string of the molecule is CC(C)(C)C1CCN(CCC(=O)NN)CC1. The Bertz CT molecular complexity index is 227. The number of hydrazine groups is 1. The Morgan fingerprint density at radius 3 is 2.38 bits per heavy atom. The summed E-state index contributed by atoms with van der Waals surface area (Å²) in [6.45, 7) is 10.00. The zero-order chi connectivity index (χ0) is 12.2. The van der Waals surface area contributed by atoms with E-state index in [1.54, 1.807) is 0 Å². The summed E-state index contributed by atoms with van der Waals surface area (Å²) in [6, 6.07) is 0. The monoisotopic (exact) mass is 227 g/mol. The molecule has 4 nitrogen and oxygen atoms in total. The summed E-state index contributed by atoms with van der Waals surface area (Å²) in [5.74, 6) is 5.79. The first-order valence-corrected chi connectivity index (χ1v) is 6.15. The van der Waals surface area contributed by atoms with E-state index in [0.717, 1.165) is 25.6 Å². The molecular formula is C12H25N3O. The highest BCUT2D eigenvalue weighted by Gasteiger charge is 2.28. The second-order valence-corrected chi connectivity index (χ2v) is 5.80. The summed E-state index contributed by atoms with van der Waals surface area (Å²) < 4.78 is 0. The number of rotatable bonds is 3. The van der Waals surface area contributed by atoms with Gasteiger partial charge in [0.15, 0.2) is 0 Å². The van der Waals surface area contributed by atoms with E-state index in [-0.39, 0.29) is 5.91 Å². The number of piperidine rings is 1. The van der Waals surface area contributed by atoms with Crippen LogP contribution in [-0.2, 0) is 4.79 Å². The molecule has 1 fully saturated rings. The lowest BCUT2D eigenvalue weighted by atomic mass is 9.75. The lowest BCUT2D eigenvalue weighted by molar-refractivity contribution is -0.121. The van der Waals surface area contributed by atoms with Gasteiger partial charge in [-0.25, -0.2) is 5.84 Å². The average molecular weight is 227 g/mol. The van der Waals surface area contributed by atoms with Crippen LogP contribution in [0.2, 0.25) is 0 Å². The second-order valence-electron chi connectivity index (χ2n) is 5.80. The normalized spacial score (nSPS) is 19.8. The summed E-state index contributed by atoms with van der Waals surface area (Å²) in [7, 11) is 0. The molecule has 0 radical (unpaired) electrons. The van der Waals surface area contributed by atoms with E-state index in [1.807, 2.05) is 0 Å². The van der Waals surface area contributed by atoms with Crippen LogP contribution >= 0.6 is 0 Å². The van der Waals surface area contributed by atoms with E-state index in [4.69, 9.17) is 5.84 Å². The molecule has 0 unspecified atom stereocenters. The van der Waals surface area contributed by atoms with Gasteiger partial charge < -0.3 is 4.90 Å². The van der Waals surface area contributed by atoms with Gasteiger partial charge in [-0.1, -0.05) is 20.8 Å². The van der Waals surface area contributed by atoms with Gasteiger partial charge >= 0.3 is 0 Å². The predicted octanol–water partition coefficient (Wildman–Crippen LogP) is 1.12. The molecule has 1 rings (SSSR count). The molecule has 1 aliphatic rings. The van der Waals surface area contributed by atoms with Crippen molar-refractivity contribution >= 4 is 5.91 Å². The summed E-state index contributed by atoms with van der Waals surface area (Å²) in [5.41, 5.74) is 2.59. The van der Waals surface area contributed by atoms with E-state index in [1.165, 1.54) is 12.8 Å². The molecule has 0 aromatic rings. The van der Waals surface area contributed by atoms with Crippen LogP contribution in [0.25, 0.3) is 0 Å². The third-order valence-corrected chi connectivity index (χ3v) is 3.63. The van der Waals surface area contributed by atoms with Crippen molar-refractivity contribution in [2.45, 2.75) is 40.0 Å². The van der Waals surface area contributed by atoms with Crippen molar-refractivity contribution in [3.63, 3.8) is 0 Å². The molecule has 0 saturated carbocycles. The molecule has 0 aromatic heterocycles. The zero-order valence-electron chi connectivity index (χ0n) is 10.8. The van der Waals surface area contributed by atoms with Gasteiger partial charge in [0, 0.05) is 13.0 Å². The Morgan fingerprint density at radius 2 is 1.94 bits per heavy atom. The lowest BCUT2D eigenvalue weighted by Crippen LogP contribution is -2.40. The van der Waals surface area contributed by atoms with Gasteiger partial charge in [0.2, 0.25) is 5.91 Å². The highest BCUT2D eigenvalue weighted by molar-refractivity contribution is 5.75. The smallest absolute Gasteiger partial charge is 0.235 e. The number of amides is 1. The van der Waals surface area contributed by atoms with E-state index < -0.39 is 0 Å². The largest absolute Gasteiger partial charge is 0.303 e. The molecule has 0 atom stereocenters. The third-order valence-electron chi connectivity index (χ3n) is 3.63. The molecule has 0 aliphatic carbocycles. The van der Waals surface area contributed by atoms with Crippen molar-refractivity contribution in [3.8, 4) is 0 Å². The first-order chi connectivity index (χ1) is 7.43. The zero-order valence-corrected chi connectivity index (χ0v) is 10.8. The van der Waals surface area contributed by atoms with Crippen molar-refractivity contribution in [1.29, 1.82) is 0 Å². The number of hydrogen-bond donors (Lipinski definition) is 2. The fourth-order valence-electron chi connectivity index (χ4n) is 2.35. The first-order valence-electron chi connectivity index (χ1n) is 6.15. The van der Waals surface area contributed by atoms with Gasteiger partial charge in [-0.2, -0.15) is 0 Å². The van der Waals surface area contributed by atoms with Gasteiger partial charge in [0.05, 0.1) is 0 Å². The van der Waals surface area contributed by atoms with E-state index in [9.17, 15) is 4.79 Å². The van der Waals surface area contributed by atoms with Crippen molar-refractivity contribution in [3.05, 3.63) is 0 Å². The summed E-state index contributed by atoms with van der Waals surface area (Å²) in [5, 5.41) is 0. The quantitative estimate of drug-likeness (QED) is 0.431. The van der Waals surface area contributed by atoms with Crippen LogP contribution in [0.4, 0.5) is 0 Å². The van der Waals surface area contributed by atoms with Gasteiger partial charge in [-0.15, -0.1) is 0 Å².